The second-order valence-electron chi connectivity index (χ2n) is 4.70. The molecule has 1 amide bonds. The number of unbranched alkanes of at least 4 members (excludes halogenated alkanes) is 1. The van der Waals surface area contributed by atoms with Crippen LogP contribution in [0.5, 0.6) is 0 Å². The van der Waals surface area contributed by atoms with E-state index in [4.69, 9.17) is 0 Å². The lowest BCUT2D eigenvalue weighted by Gasteiger charge is -2.04. The molecule has 0 aliphatic rings. The monoisotopic (exact) mass is 278 g/mol. The molecule has 2 aromatic rings. The highest BCUT2D eigenvalue weighted by Gasteiger charge is 2.01. The summed E-state index contributed by atoms with van der Waals surface area (Å²) in [6.07, 6.45) is 4.20. The Bertz CT molecular complexity index is 654. The fourth-order valence-corrected chi connectivity index (χ4v) is 1.81. The third-order valence-corrected chi connectivity index (χ3v) is 2.90. The zero-order valence-corrected chi connectivity index (χ0v) is 12.1. The molecule has 0 saturated heterocycles. The predicted molar refractivity (Wildman–Crippen MR) is 84.8 cm³/mol. The summed E-state index contributed by atoms with van der Waals surface area (Å²) in [6.45, 7) is 2.07. The van der Waals surface area contributed by atoms with Crippen molar-refractivity contribution in [2.45, 2.75) is 26.2 Å². The summed E-state index contributed by atoms with van der Waals surface area (Å²) >= 11 is 0. The summed E-state index contributed by atoms with van der Waals surface area (Å²) in [5.41, 5.74) is 2.37. The van der Waals surface area contributed by atoms with Crippen LogP contribution in [0.1, 0.15) is 37.4 Å². The number of anilines is 1. The number of nitrogens with one attached hydrogen (secondary N) is 1. The molecule has 0 bridgehead atoms. The maximum absolute atomic E-state index is 11.7. The minimum absolute atomic E-state index is 0.0479. The van der Waals surface area contributed by atoms with Crippen LogP contribution >= 0.6 is 0 Å². The van der Waals surface area contributed by atoms with Crippen LogP contribution in [0.15, 0.2) is 48.7 Å². The van der Waals surface area contributed by atoms with Gasteiger partial charge in [0.05, 0.1) is 0 Å². The van der Waals surface area contributed by atoms with E-state index in [-0.39, 0.29) is 5.91 Å². The predicted octanol–water partition coefficient (Wildman–Crippen LogP) is 3.61. The lowest BCUT2D eigenvalue weighted by Crippen LogP contribution is -2.10. The van der Waals surface area contributed by atoms with E-state index < -0.39 is 0 Å². The Morgan fingerprint density at radius 2 is 2.10 bits per heavy atom. The average molecular weight is 278 g/mol. The van der Waals surface area contributed by atoms with E-state index in [1.807, 2.05) is 42.5 Å². The van der Waals surface area contributed by atoms with Crippen LogP contribution in [0, 0.1) is 11.8 Å². The molecule has 1 aromatic carbocycles. The highest BCUT2D eigenvalue weighted by molar-refractivity contribution is 5.90. The fraction of sp³-hybridized carbons (Fsp3) is 0.222. The van der Waals surface area contributed by atoms with Crippen molar-refractivity contribution in [1.29, 1.82) is 0 Å². The maximum atomic E-state index is 11.7. The van der Waals surface area contributed by atoms with Crippen molar-refractivity contribution in [1.82, 2.24) is 4.98 Å². The van der Waals surface area contributed by atoms with Crippen LogP contribution in [-0.2, 0) is 4.79 Å². The average Bonchev–Trinajstić information content (AvgIpc) is 2.52. The van der Waals surface area contributed by atoms with Gasteiger partial charge in [0.15, 0.2) is 0 Å². The molecule has 0 fully saturated rings. The summed E-state index contributed by atoms with van der Waals surface area (Å²) in [4.78, 5) is 15.9. The largest absolute Gasteiger partial charge is 0.326 e. The molecule has 3 heteroatoms. The zero-order chi connectivity index (χ0) is 14.9. The third-order valence-electron chi connectivity index (χ3n) is 2.90. The Morgan fingerprint density at radius 1 is 1.19 bits per heavy atom. The number of pyridine rings is 1. The van der Waals surface area contributed by atoms with Gasteiger partial charge in [0.1, 0.15) is 5.69 Å². The minimum Gasteiger partial charge on any atom is -0.326 e. The Labute approximate surface area is 125 Å². The highest BCUT2D eigenvalue weighted by atomic mass is 16.1. The van der Waals surface area contributed by atoms with Gasteiger partial charge >= 0.3 is 0 Å². The first-order chi connectivity index (χ1) is 10.3. The van der Waals surface area contributed by atoms with Gasteiger partial charge in [-0.2, -0.15) is 0 Å². The first-order valence-electron chi connectivity index (χ1n) is 7.11. The summed E-state index contributed by atoms with van der Waals surface area (Å²) in [5.74, 6) is 6.10. The fourth-order valence-electron chi connectivity index (χ4n) is 1.81. The third kappa shape index (κ3) is 5.12. The minimum atomic E-state index is 0.0479. The molecule has 0 aliphatic heterocycles. The molecule has 2 rings (SSSR count). The second-order valence-corrected chi connectivity index (χ2v) is 4.70. The number of rotatable bonds is 4. The molecule has 106 valence electrons. The number of carbonyl (C=O) groups excluding carboxylic acids is 1. The molecular formula is C18H18N2O. The van der Waals surface area contributed by atoms with E-state index in [0.717, 1.165) is 29.8 Å². The molecule has 0 aliphatic carbocycles. The molecule has 1 heterocycles. The number of nitrogens with zero attached hydrogens (tertiary/aromatic N) is 1. The van der Waals surface area contributed by atoms with Gasteiger partial charge in [-0.1, -0.05) is 31.4 Å². The number of amides is 1. The molecule has 0 radical (unpaired) electrons. The topological polar surface area (TPSA) is 42.0 Å². The van der Waals surface area contributed by atoms with Gasteiger partial charge in [-0.15, -0.1) is 0 Å². The van der Waals surface area contributed by atoms with E-state index in [2.05, 4.69) is 29.1 Å². The van der Waals surface area contributed by atoms with Crippen molar-refractivity contribution in [3.8, 4) is 11.8 Å². The summed E-state index contributed by atoms with van der Waals surface area (Å²) in [7, 11) is 0. The van der Waals surface area contributed by atoms with E-state index in [9.17, 15) is 4.79 Å². The van der Waals surface area contributed by atoms with Crippen molar-refractivity contribution in [2.24, 2.45) is 0 Å². The van der Waals surface area contributed by atoms with Gasteiger partial charge < -0.3 is 5.32 Å². The first kappa shape index (κ1) is 14.8. The summed E-state index contributed by atoms with van der Waals surface area (Å²) < 4.78 is 0. The number of hydrogen-bond donors (Lipinski definition) is 1. The van der Waals surface area contributed by atoms with Gasteiger partial charge in [0.25, 0.3) is 0 Å². The van der Waals surface area contributed by atoms with Crippen LogP contribution in [-0.4, -0.2) is 10.9 Å². The van der Waals surface area contributed by atoms with E-state index in [1.165, 1.54) is 0 Å². The second kappa shape index (κ2) is 7.86. The van der Waals surface area contributed by atoms with E-state index in [1.54, 1.807) is 6.20 Å². The van der Waals surface area contributed by atoms with Crippen molar-refractivity contribution < 1.29 is 4.79 Å². The normalized spacial score (nSPS) is 9.57. The van der Waals surface area contributed by atoms with Crippen LogP contribution < -0.4 is 5.32 Å². The van der Waals surface area contributed by atoms with Crippen molar-refractivity contribution in [3.63, 3.8) is 0 Å². The van der Waals surface area contributed by atoms with Crippen LogP contribution in [0.3, 0.4) is 0 Å². The van der Waals surface area contributed by atoms with Gasteiger partial charge in [-0.25, -0.2) is 4.98 Å². The molecule has 1 aromatic heterocycles. The molecule has 1 N–H and O–H groups in total. The number of benzene rings is 1. The molecule has 0 spiro atoms. The lowest BCUT2D eigenvalue weighted by atomic mass is 10.2. The van der Waals surface area contributed by atoms with Gasteiger partial charge in [-0.05, 0) is 42.7 Å². The molecule has 0 unspecified atom stereocenters. The van der Waals surface area contributed by atoms with Crippen LogP contribution in [0.2, 0.25) is 0 Å². The lowest BCUT2D eigenvalue weighted by molar-refractivity contribution is -0.116. The van der Waals surface area contributed by atoms with Crippen LogP contribution in [0.4, 0.5) is 5.69 Å². The highest BCUT2D eigenvalue weighted by Crippen LogP contribution is 2.11. The molecule has 0 saturated carbocycles. The molecule has 21 heavy (non-hydrogen) atoms. The molecular weight excluding hydrogens is 260 g/mol. The smallest absolute Gasteiger partial charge is 0.224 e. The van der Waals surface area contributed by atoms with Crippen molar-refractivity contribution >= 4 is 11.6 Å². The van der Waals surface area contributed by atoms with Gasteiger partial charge in [0.2, 0.25) is 5.91 Å². The maximum Gasteiger partial charge on any atom is 0.224 e. The van der Waals surface area contributed by atoms with Crippen LogP contribution in [0.25, 0.3) is 0 Å². The number of aromatic nitrogens is 1. The summed E-state index contributed by atoms with van der Waals surface area (Å²) in [5, 5.41) is 2.89. The Hall–Kier alpha value is -2.60. The molecule has 3 nitrogen and oxygen atoms in total. The van der Waals surface area contributed by atoms with E-state index >= 15 is 0 Å². The quantitative estimate of drug-likeness (QED) is 0.868. The van der Waals surface area contributed by atoms with Gasteiger partial charge in [0, 0.05) is 23.9 Å². The summed E-state index contributed by atoms with van der Waals surface area (Å²) in [6, 6.07) is 13.2. The standard InChI is InChI=1S/C18H18N2O/c1-2-3-10-18(21)20-17-9-6-7-15(14-17)11-12-16-8-4-5-13-19-16/h4-9,13-14H,2-3,10H2,1H3,(H,20,21). The van der Waals surface area contributed by atoms with Crippen molar-refractivity contribution in [3.05, 3.63) is 59.9 Å². The Kier molecular flexibility index (Phi) is 5.54. The Morgan fingerprint density at radius 3 is 2.86 bits per heavy atom. The SMILES string of the molecule is CCCCC(=O)Nc1cccc(C#Cc2ccccn2)c1. The van der Waals surface area contributed by atoms with Crippen molar-refractivity contribution in [2.75, 3.05) is 5.32 Å². The zero-order valence-electron chi connectivity index (χ0n) is 12.1. The van der Waals surface area contributed by atoms with E-state index in [0.29, 0.717) is 6.42 Å². The Balaban J connectivity index is 2.05. The number of carbonyl (C=O) groups is 1. The first-order valence-corrected chi connectivity index (χ1v) is 7.11. The molecule has 0 atom stereocenters. The van der Waals surface area contributed by atoms with Gasteiger partial charge in [-0.3, -0.25) is 4.79 Å². The number of hydrogen-bond acceptors (Lipinski definition) is 2.